The third-order valence-corrected chi connectivity index (χ3v) is 9.56. The van der Waals surface area contributed by atoms with Gasteiger partial charge in [0.05, 0.1) is 42.3 Å². The molecule has 0 bridgehead atoms. The molecule has 0 radical (unpaired) electrons. The first-order valence-corrected chi connectivity index (χ1v) is 15.5. The summed E-state index contributed by atoms with van der Waals surface area (Å²) in [6.07, 6.45) is 0.307. The van der Waals surface area contributed by atoms with Crippen LogP contribution < -0.4 is 10.6 Å². The fourth-order valence-electron chi connectivity index (χ4n) is 7.25. The Balaban J connectivity index is 1.39. The summed E-state index contributed by atoms with van der Waals surface area (Å²) in [6, 6.07) is 14.9. The van der Waals surface area contributed by atoms with Crippen molar-refractivity contribution in [3.8, 4) is 0 Å². The molecule has 2 N–H and O–H groups in total. The van der Waals surface area contributed by atoms with E-state index in [1.807, 2.05) is 24.3 Å². The number of amides is 2. The van der Waals surface area contributed by atoms with Gasteiger partial charge >= 0.3 is 6.18 Å². The van der Waals surface area contributed by atoms with Crippen molar-refractivity contribution in [2.24, 2.45) is 11.8 Å². The van der Waals surface area contributed by atoms with E-state index in [1.165, 1.54) is 38.0 Å². The third kappa shape index (κ3) is 6.30. The molecule has 0 spiro atoms. The Morgan fingerprint density at radius 2 is 1.62 bits per heavy atom. The molecule has 10 heteroatoms. The molecule has 3 fully saturated rings. The van der Waals surface area contributed by atoms with Gasteiger partial charge in [0.2, 0.25) is 5.91 Å². The molecule has 4 atom stereocenters. The molecule has 45 heavy (non-hydrogen) atoms. The number of piperidine rings is 1. The van der Waals surface area contributed by atoms with E-state index in [1.54, 1.807) is 24.0 Å². The van der Waals surface area contributed by atoms with Crippen LogP contribution in [0.3, 0.4) is 0 Å². The van der Waals surface area contributed by atoms with Crippen LogP contribution in [0.4, 0.5) is 28.9 Å². The lowest BCUT2D eigenvalue weighted by atomic mass is 9.76. The lowest BCUT2D eigenvalue weighted by Crippen LogP contribution is -2.55. The van der Waals surface area contributed by atoms with Gasteiger partial charge in [-0.25, -0.2) is 4.39 Å². The summed E-state index contributed by atoms with van der Waals surface area (Å²) in [4.78, 5) is 30.0. The van der Waals surface area contributed by atoms with Crippen LogP contribution in [0, 0.1) is 31.5 Å². The average molecular weight is 624 g/mol. The normalized spacial score (nSPS) is 23.6. The summed E-state index contributed by atoms with van der Waals surface area (Å²) in [5.41, 5.74) is 1.23. The molecule has 1 saturated carbocycles. The van der Waals surface area contributed by atoms with Crippen molar-refractivity contribution in [2.75, 3.05) is 23.8 Å². The number of fused-ring (bicyclic) bond motifs is 1. The van der Waals surface area contributed by atoms with Crippen molar-refractivity contribution < 1.29 is 31.9 Å². The van der Waals surface area contributed by atoms with Gasteiger partial charge in [0.15, 0.2) is 0 Å². The molecule has 6 nitrogen and oxygen atoms in total. The molecule has 2 aliphatic heterocycles. The largest absolute Gasteiger partial charge is 0.416 e. The van der Waals surface area contributed by atoms with E-state index in [-0.39, 0.29) is 29.3 Å². The van der Waals surface area contributed by atoms with E-state index in [0.29, 0.717) is 30.2 Å². The first kappa shape index (κ1) is 31.1. The molecule has 2 amide bonds. The van der Waals surface area contributed by atoms with Gasteiger partial charge in [-0.2, -0.15) is 13.2 Å². The number of likely N-dealkylation sites (tertiary alicyclic amines) is 1. The van der Waals surface area contributed by atoms with Gasteiger partial charge < -0.3 is 20.3 Å². The number of benzene rings is 3. The number of ether oxygens (including phenoxy) is 1. The summed E-state index contributed by atoms with van der Waals surface area (Å²) in [5.74, 6) is -2.76. The predicted octanol–water partition coefficient (Wildman–Crippen LogP) is 7.67. The van der Waals surface area contributed by atoms with Crippen molar-refractivity contribution in [3.05, 3.63) is 94.3 Å². The second-order valence-corrected chi connectivity index (χ2v) is 12.6. The Morgan fingerprint density at radius 1 is 0.911 bits per heavy atom. The van der Waals surface area contributed by atoms with E-state index in [2.05, 4.69) is 10.6 Å². The van der Waals surface area contributed by atoms with Crippen molar-refractivity contribution in [2.45, 2.75) is 70.3 Å². The first-order chi connectivity index (χ1) is 21.5. The highest BCUT2D eigenvalue weighted by molar-refractivity contribution is 5.98. The van der Waals surface area contributed by atoms with Gasteiger partial charge in [-0.15, -0.1) is 0 Å². The standard InChI is InChI=1S/C35H37F4N3O3/c1-20-10-13-26(17-28(20)35(37,38)39)41-33(43)27-16-23-18-45-19-30(23)42(34(44)31-21(2)6-5-9-29(31)36)32(27)22-11-14-25(15-12-22)40-24-7-3-4-8-24/h5-6,9-15,17,23-24,27,30,32,40H,3-4,7-8,16,18-19H2,1-2H3,(H,41,43). The summed E-state index contributed by atoms with van der Waals surface area (Å²) in [7, 11) is 0. The van der Waals surface area contributed by atoms with Gasteiger partial charge in [-0.1, -0.05) is 43.2 Å². The van der Waals surface area contributed by atoms with Crippen LogP contribution in [0.1, 0.15) is 70.8 Å². The molecule has 0 aromatic heterocycles. The maximum absolute atomic E-state index is 15.2. The van der Waals surface area contributed by atoms with Crippen LogP contribution in [0.25, 0.3) is 0 Å². The number of aryl methyl sites for hydroxylation is 2. The zero-order valence-corrected chi connectivity index (χ0v) is 25.3. The lowest BCUT2D eigenvalue weighted by molar-refractivity contribution is -0.138. The van der Waals surface area contributed by atoms with E-state index in [4.69, 9.17) is 4.74 Å². The molecule has 3 aromatic carbocycles. The smallest absolute Gasteiger partial charge is 0.382 e. The van der Waals surface area contributed by atoms with Gasteiger partial charge in [-0.3, -0.25) is 9.59 Å². The zero-order chi connectivity index (χ0) is 31.9. The quantitative estimate of drug-likeness (QED) is 0.277. The fourth-order valence-corrected chi connectivity index (χ4v) is 7.25. The van der Waals surface area contributed by atoms with Crippen molar-refractivity contribution in [1.29, 1.82) is 0 Å². The van der Waals surface area contributed by atoms with E-state index in [9.17, 15) is 22.8 Å². The number of hydrogen-bond acceptors (Lipinski definition) is 4. The molecule has 2 heterocycles. The van der Waals surface area contributed by atoms with Crippen LogP contribution in [0.2, 0.25) is 0 Å². The maximum Gasteiger partial charge on any atom is 0.416 e. The molecule has 6 rings (SSSR count). The van der Waals surface area contributed by atoms with Crippen molar-refractivity contribution in [1.82, 2.24) is 4.90 Å². The predicted molar refractivity (Wildman–Crippen MR) is 163 cm³/mol. The molecular formula is C35H37F4N3O3. The zero-order valence-electron chi connectivity index (χ0n) is 25.3. The molecule has 238 valence electrons. The topological polar surface area (TPSA) is 70.7 Å². The van der Waals surface area contributed by atoms with Crippen LogP contribution in [0.5, 0.6) is 0 Å². The van der Waals surface area contributed by atoms with Gasteiger partial charge in [0, 0.05) is 23.3 Å². The highest BCUT2D eigenvalue weighted by atomic mass is 19.4. The minimum Gasteiger partial charge on any atom is -0.382 e. The fraction of sp³-hybridized carbons (Fsp3) is 0.429. The second kappa shape index (κ2) is 12.5. The van der Waals surface area contributed by atoms with Crippen LogP contribution in [-0.2, 0) is 15.7 Å². The minimum absolute atomic E-state index is 0.0143. The minimum atomic E-state index is -4.58. The number of halogens is 4. The van der Waals surface area contributed by atoms with E-state index in [0.717, 1.165) is 24.6 Å². The lowest BCUT2D eigenvalue weighted by Gasteiger charge is -2.47. The number of nitrogens with zero attached hydrogens (tertiary/aromatic N) is 1. The monoisotopic (exact) mass is 623 g/mol. The van der Waals surface area contributed by atoms with E-state index < -0.39 is 47.4 Å². The second-order valence-electron chi connectivity index (χ2n) is 12.6. The molecule has 3 aliphatic rings. The number of alkyl halides is 3. The third-order valence-electron chi connectivity index (χ3n) is 9.56. The van der Waals surface area contributed by atoms with E-state index >= 15 is 4.39 Å². The van der Waals surface area contributed by atoms with Crippen molar-refractivity contribution >= 4 is 23.2 Å². The van der Waals surface area contributed by atoms with Gasteiger partial charge in [0.25, 0.3) is 5.91 Å². The number of hydrogen-bond donors (Lipinski definition) is 2. The Hall–Kier alpha value is -3.92. The molecule has 1 aliphatic carbocycles. The Bertz CT molecular complexity index is 1550. The summed E-state index contributed by atoms with van der Waals surface area (Å²) >= 11 is 0. The Labute approximate surface area is 260 Å². The van der Waals surface area contributed by atoms with Crippen LogP contribution in [-0.4, -0.2) is 42.0 Å². The number of carbonyl (C=O) groups is 2. The summed E-state index contributed by atoms with van der Waals surface area (Å²) < 4.78 is 62.0. The first-order valence-electron chi connectivity index (χ1n) is 15.5. The Kier molecular flexibility index (Phi) is 8.61. The summed E-state index contributed by atoms with van der Waals surface area (Å²) in [6.45, 7) is 3.59. The SMILES string of the molecule is Cc1ccc(NC(=O)C2CC3COCC3N(C(=O)c3c(C)cccc3F)C2c2ccc(NC3CCCC3)cc2)cc1C(F)(F)F. The highest BCUT2D eigenvalue weighted by Gasteiger charge is 2.51. The average Bonchev–Trinajstić information content (AvgIpc) is 3.69. The van der Waals surface area contributed by atoms with Crippen molar-refractivity contribution in [3.63, 3.8) is 0 Å². The molecular weight excluding hydrogens is 586 g/mol. The molecule has 2 saturated heterocycles. The Morgan fingerprint density at radius 3 is 2.31 bits per heavy atom. The number of carbonyl (C=O) groups excluding carboxylic acids is 2. The maximum atomic E-state index is 15.2. The van der Waals surface area contributed by atoms with Gasteiger partial charge in [-0.05, 0) is 80.1 Å². The summed E-state index contributed by atoms with van der Waals surface area (Å²) in [5, 5.41) is 6.26. The van der Waals surface area contributed by atoms with Gasteiger partial charge in [0.1, 0.15) is 5.82 Å². The van der Waals surface area contributed by atoms with Crippen LogP contribution in [0.15, 0.2) is 60.7 Å². The highest BCUT2D eigenvalue weighted by Crippen LogP contribution is 2.46. The number of anilines is 2. The number of rotatable bonds is 6. The molecule has 3 aromatic rings. The van der Waals surface area contributed by atoms with Crippen LogP contribution >= 0.6 is 0 Å². The number of nitrogens with one attached hydrogen (secondary N) is 2. The molecule has 4 unspecified atom stereocenters.